The predicted octanol–water partition coefficient (Wildman–Crippen LogP) is 16.5. The summed E-state index contributed by atoms with van der Waals surface area (Å²) < 4.78 is 6.30. The fraction of sp³-hybridized carbons (Fsp3) is 0. The molecule has 0 N–H and O–H groups in total. The van der Waals surface area contributed by atoms with E-state index in [0.717, 1.165) is 66.8 Å². The van der Waals surface area contributed by atoms with E-state index >= 15 is 0 Å². The third kappa shape index (κ3) is 6.23. The lowest BCUT2D eigenvalue weighted by molar-refractivity contribution is 0.669. The van der Waals surface area contributed by atoms with Crippen molar-refractivity contribution in [2.24, 2.45) is 0 Å². The molecule has 11 rings (SSSR count). The Hall–Kier alpha value is -7.94. The molecular formula is C58H39NO. The van der Waals surface area contributed by atoms with Crippen molar-refractivity contribution in [1.82, 2.24) is 0 Å². The van der Waals surface area contributed by atoms with Crippen LogP contribution in [0.4, 0.5) is 17.1 Å². The van der Waals surface area contributed by atoms with Crippen LogP contribution in [0.1, 0.15) is 0 Å². The summed E-state index contributed by atoms with van der Waals surface area (Å²) in [6.45, 7) is 0. The number of rotatable bonds is 8. The van der Waals surface area contributed by atoms with E-state index in [0.29, 0.717) is 0 Å². The van der Waals surface area contributed by atoms with Gasteiger partial charge in [0.1, 0.15) is 11.2 Å². The fourth-order valence-corrected chi connectivity index (χ4v) is 8.96. The van der Waals surface area contributed by atoms with Crippen LogP contribution < -0.4 is 4.90 Å². The van der Waals surface area contributed by atoms with E-state index in [1.165, 1.54) is 38.6 Å². The Morgan fingerprint density at radius 1 is 0.300 bits per heavy atom. The third-order valence-electron chi connectivity index (χ3n) is 11.7. The minimum atomic E-state index is 0.893. The summed E-state index contributed by atoms with van der Waals surface area (Å²) in [5.74, 6) is 0. The Morgan fingerprint density at radius 3 is 1.65 bits per heavy atom. The van der Waals surface area contributed by atoms with Crippen LogP contribution in [0.2, 0.25) is 0 Å². The van der Waals surface area contributed by atoms with Crippen LogP contribution >= 0.6 is 0 Å². The quantitative estimate of drug-likeness (QED) is 0.153. The van der Waals surface area contributed by atoms with Gasteiger partial charge >= 0.3 is 0 Å². The van der Waals surface area contributed by atoms with Gasteiger partial charge in [-0.3, -0.25) is 0 Å². The standard InChI is InChI=1S/C58H39NO/c1-3-17-40(18-4-1)48-26-9-10-27-52(48)57-50(42-19-5-2-6-20-42)30-15-32-54(57)59(46-24-13-23-44(39-46)49-29-14-22-41-21-7-8-25-47(41)49)45-37-35-43(36-38-45)51-31-16-34-56-58(51)53-28-11-12-33-55(53)60-56/h1-39H. The van der Waals surface area contributed by atoms with Gasteiger partial charge in [-0.2, -0.15) is 0 Å². The first-order valence-electron chi connectivity index (χ1n) is 20.5. The Morgan fingerprint density at radius 2 is 0.833 bits per heavy atom. The van der Waals surface area contributed by atoms with Crippen molar-refractivity contribution < 1.29 is 4.42 Å². The molecule has 60 heavy (non-hydrogen) atoms. The van der Waals surface area contributed by atoms with E-state index in [9.17, 15) is 0 Å². The fourth-order valence-electron chi connectivity index (χ4n) is 8.96. The van der Waals surface area contributed by atoms with Crippen LogP contribution in [0.3, 0.4) is 0 Å². The molecular weight excluding hydrogens is 727 g/mol. The van der Waals surface area contributed by atoms with Gasteiger partial charge in [0.15, 0.2) is 0 Å². The number of fused-ring (bicyclic) bond motifs is 4. The second-order valence-electron chi connectivity index (χ2n) is 15.2. The van der Waals surface area contributed by atoms with Crippen molar-refractivity contribution in [3.05, 3.63) is 237 Å². The van der Waals surface area contributed by atoms with Crippen molar-refractivity contribution in [1.29, 1.82) is 0 Å². The summed E-state index contributed by atoms with van der Waals surface area (Å²) >= 11 is 0. The molecule has 0 unspecified atom stereocenters. The largest absolute Gasteiger partial charge is 0.456 e. The Balaban J connectivity index is 1.16. The number of furan rings is 1. The molecule has 2 nitrogen and oxygen atoms in total. The van der Waals surface area contributed by atoms with Gasteiger partial charge in [-0.25, -0.2) is 0 Å². The maximum atomic E-state index is 6.30. The predicted molar refractivity (Wildman–Crippen MR) is 253 cm³/mol. The lowest BCUT2D eigenvalue weighted by atomic mass is 9.87. The molecule has 0 fully saturated rings. The normalized spacial score (nSPS) is 11.3. The monoisotopic (exact) mass is 765 g/mol. The van der Waals surface area contributed by atoms with Gasteiger partial charge < -0.3 is 9.32 Å². The average molecular weight is 766 g/mol. The number of hydrogen-bond donors (Lipinski definition) is 0. The molecule has 282 valence electrons. The zero-order chi connectivity index (χ0) is 39.8. The zero-order valence-electron chi connectivity index (χ0n) is 32.9. The Bertz CT molecular complexity index is 3300. The van der Waals surface area contributed by atoms with Crippen molar-refractivity contribution >= 4 is 49.8 Å². The topological polar surface area (TPSA) is 16.4 Å². The Kier molecular flexibility index (Phi) is 8.87. The molecule has 0 radical (unpaired) electrons. The molecule has 1 aromatic heterocycles. The molecule has 2 heteroatoms. The molecule has 11 aromatic rings. The second kappa shape index (κ2) is 15.1. The van der Waals surface area contributed by atoms with Gasteiger partial charge in [-0.05, 0) is 103 Å². The molecule has 1 heterocycles. The minimum Gasteiger partial charge on any atom is -0.456 e. The van der Waals surface area contributed by atoms with E-state index in [1.54, 1.807) is 0 Å². The summed E-state index contributed by atoms with van der Waals surface area (Å²) in [6, 6.07) is 85.0. The van der Waals surface area contributed by atoms with Crippen LogP contribution in [-0.4, -0.2) is 0 Å². The van der Waals surface area contributed by atoms with E-state index in [1.807, 2.05) is 12.1 Å². The first kappa shape index (κ1) is 35.2. The summed E-state index contributed by atoms with van der Waals surface area (Å²) in [4.78, 5) is 2.44. The summed E-state index contributed by atoms with van der Waals surface area (Å²) in [7, 11) is 0. The van der Waals surface area contributed by atoms with Crippen LogP contribution in [0.5, 0.6) is 0 Å². The van der Waals surface area contributed by atoms with E-state index in [-0.39, 0.29) is 0 Å². The molecule has 0 saturated carbocycles. The lowest BCUT2D eigenvalue weighted by Crippen LogP contribution is -2.12. The van der Waals surface area contributed by atoms with Gasteiger partial charge in [0, 0.05) is 27.7 Å². The average Bonchev–Trinajstić information content (AvgIpc) is 3.71. The number of para-hydroxylation sites is 1. The summed E-state index contributed by atoms with van der Waals surface area (Å²) in [5.41, 5.74) is 16.7. The van der Waals surface area contributed by atoms with Crippen molar-refractivity contribution in [3.8, 4) is 55.6 Å². The van der Waals surface area contributed by atoms with Gasteiger partial charge in [-0.15, -0.1) is 0 Å². The van der Waals surface area contributed by atoms with Gasteiger partial charge in [0.25, 0.3) is 0 Å². The highest BCUT2D eigenvalue weighted by molar-refractivity contribution is 6.12. The molecule has 0 atom stereocenters. The number of anilines is 3. The molecule has 0 aliphatic rings. The van der Waals surface area contributed by atoms with Gasteiger partial charge in [0.05, 0.1) is 5.69 Å². The minimum absolute atomic E-state index is 0.893. The van der Waals surface area contributed by atoms with Crippen LogP contribution in [0.25, 0.3) is 88.3 Å². The molecule has 0 aliphatic heterocycles. The van der Waals surface area contributed by atoms with Crippen molar-refractivity contribution in [2.75, 3.05) is 4.90 Å². The molecule has 0 bridgehead atoms. The summed E-state index contributed by atoms with van der Waals surface area (Å²) in [6.07, 6.45) is 0. The van der Waals surface area contributed by atoms with Crippen LogP contribution in [-0.2, 0) is 0 Å². The smallest absolute Gasteiger partial charge is 0.136 e. The first-order valence-corrected chi connectivity index (χ1v) is 20.5. The Labute approximate surface area is 349 Å². The maximum absolute atomic E-state index is 6.30. The number of hydrogen-bond acceptors (Lipinski definition) is 2. The highest BCUT2D eigenvalue weighted by Gasteiger charge is 2.23. The highest BCUT2D eigenvalue weighted by Crippen LogP contribution is 2.49. The molecule has 0 aliphatic carbocycles. The SMILES string of the molecule is c1ccc(-c2ccccc2-c2c(-c3ccccc3)cccc2N(c2ccc(-c3cccc4oc5ccccc5c34)cc2)c2cccc(-c3cccc4ccccc34)c2)cc1. The zero-order valence-corrected chi connectivity index (χ0v) is 32.9. The molecule has 0 amide bonds. The van der Waals surface area contributed by atoms with Crippen molar-refractivity contribution in [3.63, 3.8) is 0 Å². The summed E-state index contributed by atoms with van der Waals surface area (Å²) in [5, 5.41) is 4.72. The van der Waals surface area contributed by atoms with Crippen molar-refractivity contribution in [2.45, 2.75) is 0 Å². The number of nitrogens with zero attached hydrogens (tertiary/aromatic N) is 1. The van der Waals surface area contributed by atoms with Gasteiger partial charge in [0.2, 0.25) is 0 Å². The van der Waals surface area contributed by atoms with E-state index in [4.69, 9.17) is 4.42 Å². The third-order valence-corrected chi connectivity index (χ3v) is 11.7. The molecule has 0 spiro atoms. The van der Waals surface area contributed by atoms with E-state index in [2.05, 4.69) is 229 Å². The molecule has 10 aromatic carbocycles. The second-order valence-corrected chi connectivity index (χ2v) is 15.2. The van der Waals surface area contributed by atoms with E-state index < -0.39 is 0 Å². The van der Waals surface area contributed by atoms with Gasteiger partial charge in [-0.1, -0.05) is 194 Å². The highest BCUT2D eigenvalue weighted by atomic mass is 16.3. The maximum Gasteiger partial charge on any atom is 0.136 e. The number of benzene rings is 10. The van der Waals surface area contributed by atoms with Crippen LogP contribution in [0, 0.1) is 0 Å². The first-order chi connectivity index (χ1) is 29.8. The molecule has 0 saturated heterocycles. The lowest BCUT2D eigenvalue weighted by Gasteiger charge is -2.30. The van der Waals surface area contributed by atoms with Crippen LogP contribution in [0.15, 0.2) is 241 Å².